The molecule has 2 N–H and O–H groups in total. The molecule has 6 heteroatoms. The first-order valence-corrected chi connectivity index (χ1v) is 9.87. The van der Waals surface area contributed by atoms with Crippen molar-refractivity contribution in [3.05, 3.63) is 35.9 Å². The van der Waals surface area contributed by atoms with Crippen LogP contribution in [0.1, 0.15) is 0 Å². The summed E-state index contributed by atoms with van der Waals surface area (Å²) in [4.78, 5) is 0. The minimum absolute atomic E-state index is 0.484. The maximum absolute atomic E-state index is 9.61. The second-order valence-corrected chi connectivity index (χ2v) is 11.3. The van der Waals surface area contributed by atoms with E-state index in [0.29, 0.717) is 6.73 Å². The van der Waals surface area contributed by atoms with Gasteiger partial charge in [-0.15, -0.1) is 0 Å². The fraction of sp³-hybridized carbons (Fsp3) is 0.500. The van der Waals surface area contributed by atoms with Crippen molar-refractivity contribution >= 4 is 8.07 Å². The van der Waals surface area contributed by atoms with E-state index in [0.717, 1.165) is 29.1 Å². The molecule has 0 aliphatic carbocycles. The number of fused-ring (bicyclic) bond motifs is 1. The third-order valence-electron chi connectivity index (χ3n) is 2.86. The molecule has 0 aromatic heterocycles. The Kier molecular flexibility index (Phi) is 3.79. The summed E-state index contributed by atoms with van der Waals surface area (Å²) in [5.74, 6) is 0. The topological polar surface area (TPSA) is 48.0 Å². The van der Waals surface area contributed by atoms with Gasteiger partial charge in [0.05, 0.1) is 5.70 Å². The first-order valence-electron chi connectivity index (χ1n) is 6.16. The number of hydrazine groups is 1. The van der Waals surface area contributed by atoms with Gasteiger partial charge in [0.15, 0.2) is 0 Å². The molecule has 2 aliphatic heterocycles. The quantitative estimate of drug-likeness (QED) is 0.590. The molecule has 18 heavy (non-hydrogen) atoms. The van der Waals surface area contributed by atoms with E-state index < -0.39 is 8.07 Å². The number of nitrogens with zero attached hydrogens (tertiary/aromatic N) is 2. The molecular weight excluding hydrogens is 246 g/mol. The van der Waals surface area contributed by atoms with Gasteiger partial charge >= 0.3 is 0 Å². The van der Waals surface area contributed by atoms with Gasteiger partial charge in [-0.05, 0) is 18.2 Å². The van der Waals surface area contributed by atoms with Crippen LogP contribution in [0, 0.1) is 0 Å². The van der Waals surface area contributed by atoms with Crippen LogP contribution in [0.4, 0.5) is 0 Å². The van der Waals surface area contributed by atoms with Crippen molar-refractivity contribution in [1.82, 2.24) is 15.5 Å². The Hall–Kier alpha value is -1.24. The summed E-state index contributed by atoms with van der Waals surface area (Å²) in [5, 5.41) is 12.6. The Bertz CT molecular complexity index is 399. The Morgan fingerprint density at radius 3 is 2.83 bits per heavy atom. The highest BCUT2D eigenvalue weighted by atomic mass is 28.3. The van der Waals surface area contributed by atoms with E-state index in [9.17, 15) is 5.21 Å². The highest BCUT2D eigenvalue weighted by Crippen LogP contribution is 2.24. The van der Waals surface area contributed by atoms with Gasteiger partial charge in [-0.2, -0.15) is 0 Å². The molecule has 0 unspecified atom stereocenters. The molecular formula is C12H21N3O2Si. The van der Waals surface area contributed by atoms with Crippen molar-refractivity contribution in [1.29, 1.82) is 0 Å². The maximum atomic E-state index is 9.61. The summed E-state index contributed by atoms with van der Waals surface area (Å²) in [7, 11) is -1.03. The number of hydrogen-bond acceptors (Lipinski definition) is 5. The Morgan fingerprint density at radius 2 is 2.11 bits per heavy atom. The van der Waals surface area contributed by atoms with E-state index in [4.69, 9.17) is 4.74 Å². The van der Waals surface area contributed by atoms with Crippen LogP contribution >= 0.6 is 0 Å². The minimum Gasteiger partial charge on any atom is -0.360 e. The van der Waals surface area contributed by atoms with Gasteiger partial charge in [-0.3, -0.25) is 10.2 Å². The predicted molar refractivity (Wildman–Crippen MR) is 72.9 cm³/mol. The predicted octanol–water partition coefficient (Wildman–Crippen LogP) is 2.06. The van der Waals surface area contributed by atoms with E-state index in [1.807, 2.05) is 11.1 Å². The number of hydroxylamine groups is 2. The molecule has 100 valence electrons. The minimum atomic E-state index is -1.03. The number of nitrogens with one attached hydrogen (secondary N) is 1. The molecule has 0 aromatic rings. The molecule has 0 amide bonds. The number of hydrogen-bond donors (Lipinski definition) is 2. The van der Waals surface area contributed by atoms with E-state index in [-0.39, 0.29) is 0 Å². The molecule has 2 rings (SSSR count). The lowest BCUT2D eigenvalue weighted by Gasteiger charge is -2.25. The third kappa shape index (κ3) is 3.15. The fourth-order valence-electron chi connectivity index (χ4n) is 1.72. The first kappa shape index (κ1) is 13.2. The molecule has 5 nitrogen and oxygen atoms in total. The van der Waals surface area contributed by atoms with Crippen LogP contribution in [0.5, 0.6) is 0 Å². The lowest BCUT2D eigenvalue weighted by molar-refractivity contribution is -0.00781. The molecule has 0 atom stereocenters. The van der Waals surface area contributed by atoms with Crippen molar-refractivity contribution in [2.24, 2.45) is 0 Å². The summed E-state index contributed by atoms with van der Waals surface area (Å²) >= 11 is 0. The van der Waals surface area contributed by atoms with Gasteiger partial charge in [0, 0.05) is 27.1 Å². The Labute approximate surface area is 109 Å². The van der Waals surface area contributed by atoms with Gasteiger partial charge in [-0.25, -0.2) is 5.06 Å². The normalized spacial score (nSPS) is 18.4. The summed E-state index contributed by atoms with van der Waals surface area (Å²) in [6.45, 7) is 8.28. The molecule has 2 heterocycles. The number of rotatable bonds is 5. The van der Waals surface area contributed by atoms with Crippen LogP contribution < -0.4 is 5.43 Å². The van der Waals surface area contributed by atoms with E-state index >= 15 is 0 Å². The van der Waals surface area contributed by atoms with Gasteiger partial charge in [0.2, 0.25) is 0 Å². The lowest BCUT2D eigenvalue weighted by Crippen LogP contribution is -2.33. The van der Waals surface area contributed by atoms with Crippen molar-refractivity contribution in [3.8, 4) is 0 Å². The molecule has 2 aliphatic rings. The van der Waals surface area contributed by atoms with Crippen LogP contribution in [0.25, 0.3) is 0 Å². The molecule has 0 radical (unpaired) electrons. The molecule has 0 spiro atoms. The second kappa shape index (κ2) is 5.17. The highest BCUT2D eigenvalue weighted by Gasteiger charge is 2.24. The zero-order chi connectivity index (χ0) is 13.2. The van der Waals surface area contributed by atoms with Crippen LogP contribution in [-0.4, -0.2) is 36.7 Å². The molecule has 0 bridgehead atoms. The summed E-state index contributed by atoms with van der Waals surface area (Å²) in [5.41, 5.74) is 4.74. The summed E-state index contributed by atoms with van der Waals surface area (Å²) in [6.07, 6.45) is 7.11. The Balaban J connectivity index is 1.79. The SMILES string of the molecule is C[Si](C)(C)CCOCN1NC=C2C1=CC=CN2O. The van der Waals surface area contributed by atoms with E-state index in [1.54, 1.807) is 18.5 Å². The lowest BCUT2D eigenvalue weighted by atomic mass is 10.2. The van der Waals surface area contributed by atoms with Crippen LogP contribution in [0.2, 0.25) is 25.7 Å². The number of ether oxygens (including phenoxy) is 1. The van der Waals surface area contributed by atoms with Crippen LogP contribution in [0.15, 0.2) is 35.9 Å². The van der Waals surface area contributed by atoms with Crippen molar-refractivity contribution in [3.63, 3.8) is 0 Å². The van der Waals surface area contributed by atoms with Crippen molar-refractivity contribution in [2.45, 2.75) is 25.7 Å². The van der Waals surface area contributed by atoms with Crippen LogP contribution in [-0.2, 0) is 4.74 Å². The standard InChI is InChI=1S/C12H21N3O2Si/c1-18(2,3)8-7-17-10-14-11-5-4-6-15(16)12(11)9-13-14/h4-6,9,13,16H,7-8,10H2,1-3H3. The molecule has 0 fully saturated rings. The van der Waals surface area contributed by atoms with Crippen molar-refractivity contribution in [2.75, 3.05) is 13.3 Å². The van der Waals surface area contributed by atoms with E-state index in [2.05, 4.69) is 25.1 Å². The average molecular weight is 267 g/mol. The molecule has 0 saturated heterocycles. The van der Waals surface area contributed by atoms with Gasteiger partial charge in [0.1, 0.15) is 12.4 Å². The molecule has 0 aromatic carbocycles. The first-order chi connectivity index (χ1) is 8.47. The smallest absolute Gasteiger partial charge is 0.137 e. The third-order valence-corrected chi connectivity index (χ3v) is 4.56. The van der Waals surface area contributed by atoms with Gasteiger partial charge in [-0.1, -0.05) is 19.6 Å². The zero-order valence-corrected chi connectivity index (χ0v) is 12.2. The Morgan fingerprint density at radius 1 is 1.33 bits per heavy atom. The summed E-state index contributed by atoms with van der Waals surface area (Å²) in [6, 6.07) is 1.16. The van der Waals surface area contributed by atoms with Gasteiger partial charge in [0.25, 0.3) is 0 Å². The van der Waals surface area contributed by atoms with Crippen molar-refractivity contribution < 1.29 is 9.94 Å². The zero-order valence-electron chi connectivity index (χ0n) is 11.2. The van der Waals surface area contributed by atoms with Gasteiger partial charge < -0.3 is 10.2 Å². The largest absolute Gasteiger partial charge is 0.360 e. The molecule has 0 saturated carbocycles. The maximum Gasteiger partial charge on any atom is 0.137 e. The second-order valence-electron chi connectivity index (χ2n) is 5.67. The summed E-state index contributed by atoms with van der Waals surface area (Å²) < 4.78 is 5.68. The average Bonchev–Trinajstić information content (AvgIpc) is 2.68. The monoisotopic (exact) mass is 267 g/mol. The fourth-order valence-corrected chi connectivity index (χ4v) is 2.47. The van der Waals surface area contributed by atoms with E-state index in [1.165, 1.54) is 0 Å². The highest BCUT2D eigenvalue weighted by molar-refractivity contribution is 6.76. The van der Waals surface area contributed by atoms with Crippen LogP contribution in [0.3, 0.4) is 0 Å². The number of allylic oxidation sites excluding steroid dienone is 2.